The van der Waals surface area contributed by atoms with Crippen molar-refractivity contribution >= 4 is 0 Å². The van der Waals surface area contributed by atoms with Crippen molar-refractivity contribution in [2.24, 2.45) is 0 Å². The van der Waals surface area contributed by atoms with E-state index in [1.807, 2.05) is 14.0 Å². The van der Waals surface area contributed by atoms with Gasteiger partial charge in [-0.25, -0.2) is 8.78 Å². The number of nitrogens with zero attached hydrogens (tertiary/aromatic N) is 1. The average Bonchev–Trinajstić information content (AvgIpc) is 2.44. The van der Waals surface area contributed by atoms with Gasteiger partial charge >= 0.3 is 0 Å². The molecule has 0 saturated carbocycles. The van der Waals surface area contributed by atoms with Gasteiger partial charge in [0.2, 0.25) is 0 Å². The Morgan fingerprint density at radius 1 is 1.24 bits per heavy atom. The normalized spacial score (nSPS) is 14.4. The van der Waals surface area contributed by atoms with Gasteiger partial charge in [-0.3, -0.25) is 0 Å². The molecule has 0 aromatic heterocycles. The molecule has 0 radical (unpaired) electrons. The number of aliphatic hydroxyl groups excluding tert-OH is 1. The first-order valence-electron chi connectivity index (χ1n) is 7.49. The maximum absolute atomic E-state index is 13.9. The Kier molecular flexibility index (Phi) is 7.78. The maximum Gasteiger partial charge on any atom is 0.163 e. The van der Waals surface area contributed by atoms with E-state index in [-0.39, 0.29) is 12.1 Å². The number of rotatable bonds is 9. The lowest BCUT2D eigenvalue weighted by atomic mass is 10.0. The highest BCUT2D eigenvalue weighted by molar-refractivity contribution is 5.22. The van der Waals surface area contributed by atoms with E-state index in [0.717, 1.165) is 19.2 Å². The summed E-state index contributed by atoms with van der Waals surface area (Å²) in [5, 5.41) is 12.5. The summed E-state index contributed by atoms with van der Waals surface area (Å²) >= 11 is 0. The van der Waals surface area contributed by atoms with Crippen LogP contribution in [0.2, 0.25) is 0 Å². The predicted octanol–water partition coefficient (Wildman–Crippen LogP) is 2.71. The quantitative estimate of drug-likeness (QED) is 0.736. The molecule has 2 unspecified atom stereocenters. The third-order valence-corrected chi connectivity index (χ3v) is 3.54. The molecule has 0 spiro atoms. The molecule has 0 bridgehead atoms. The van der Waals surface area contributed by atoms with E-state index in [1.165, 1.54) is 6.07 Å². The summed E-state index contributed by atoms with van der Waals surface area (Å²) in [6, 6.07) is 4.09. The Morgan fingerprint density at radius 3 is 2.52 bits per heavy atom. The summed E-state index contributed by atoms with van der Waals surface area (Å²) in [4.78, 5) is 2.09. The minimum atomic E-state index is -0.808. The Hall–Kier alpha value is -1.04. The topological polar surface area (TPSA) is 35.5 Å². The molecular weight excluding hydrogens is 274 g/mol. The van der Waals surface area contributed by atoms with Crippen LogP contribution in [0, 0.1) is 11.6 Å². The fourth-order valence-corrected chi connectivity index (χ4v) is 2.27. The molecule has 0 amide bonds. The molecule has 2 N–H and O–H groups in total. The predicted molar refractivity (Wildman–Crippen MR) is 81.2 cm³/mol. The van der Waals surface area contributed by atoms with Crippen molar-refractivity contribution in [2.45, 2.75) is 38.8 Å². The summed E-state index contributed by atoms with van der Waals surface area (Å²) in [5.41, 5.74) is 0.376. The van der Waals surface area contributed by atoms with E-state index >= 15 is 0 Å². The molecule has 5 heteroatoms. The molecule has 120 valence electrons. The molecule has 1 rings (SSSR count). The molecule has 3 nitrogen and oxygen atoms in total. The van der Waals surface area contributed by atoms with E-state index in [0.29, 0.717) is 24.9 Å². The SMILES string of the molecule is CCNC(CCN(C)CCC(C)O)c1cccc(F)c1F. The standard InChI is InChI=1S/C16H26F2N2O/c1-4-19-15(9-11-20(3)10-8-12(2)21)13-6-5-7-14(17)16(13)18/h5-7,12,15,19,21H,4,8-11H2,1-3H3. The highest BCUT2D eigenvalue weighted by atomic mass is 19.2. The van der Waals surface area contributed by atoms with Crippen LogP contribution in [-0.4, -0.2) is 42.8 Å². The van der Waals surface area contributed by atoms with Crippen molar-refractivity contribution in [1.29, 1.82) is 0 Å². The van der Waals surface area contributed by atoms with Gasteiger partial charge in [0.15, 0.2) is 11.6 Å². The molecule has 0 aliphatic carbocycles. The molecule has 2 atom stereocenters. The van der Waals surface area contributed by atoms with Crippen LogP contribution in [0.5, 0.6) is 0 Å². The molecule has 0 aliphatic rings. The lowest BCUT2D eigenvalue weighted by molar-refractivity contribution is 0.163. The van der Waals surface area contributed by atoms with Gasteiger partial charge in [-0.1, -0.05) is 19.1 Å². The Bertz CT molecular complexity index is 427. The highest BCUT2D eigenvalue weighted by Crippen LogP contribution is 2.22. The monoisotopic (exact) mass is 300 g/mol. The second-order valence-electron chi connectivity index (χ2n) is 5.48. The van der Waals surface area contributed by atoms with Gasteiger partial charge in [-0.05, 0) is 46.0 Å². The first-order valence-corrected chi connectivity index (χ1v) is 7.49. The summed E-state index contributed by atoms with van der Waals surface area (Å²) in [5.74, 6) is -1.58. The Labute approximate surface area is 126 Å². The maximum atomic E-state index is 13.9. The number of halogens is 2. The van der Waals surface area contributed by atoms with Crippen molar-refractivity contribution in [1.82, 2.24) is 10.2 Å². The van der Waals surface area contributed by atoms with Gasteiger partial charge in [0.25, 0.3) is 0 Å². The fourth-order valence-electron chi connectivity index (χ4n) is 2.27. The average molecular weight is 300 g/mol. The number of nitrogens with one attached hydrogen (secondary N) is 1. The van der Waals surface area contributed by atoms with E-state index in [4.69, 9.17) is 0 Å². The highest BCUT2D eigenvalue weighted by Gasteiger charge is 2.17. The van der Waals surface area contributed by atoms with Crippen LogP contribution in [0.1, 0.15) is 38.3 Å². The van der Waals surface area contributed by atoms with Gasteiger partial charge in [0, 0.05) is 18.2 Å². The largest absolute Gasteiger partial charge is 0.393 e. The van der Waals surface area contributed by atoms with E-state index in [9.17, 15) is 13.9 Å². The zero-order chi connectivity index (χ0) is 15.8. The van der Waals surface area contributed by atoms with Crippen molar-refractivity contribution in [2.75, 3.05) is 26.7 Å². The van der Waals surface area contributed by atoms with Gasteiger partial charge in [-0.15, -0.1) is 0 Å². The summed E-state index contributed by atoms with van der Waals surface area (Å²) in [7, 11) is 1.97. The van der Waals surface area contributed by atoms with Crippen LogP contribution < -0.4 is 5.32 Å². The van der Waals surface area contributed by atoms with Crippen LogP contribution in [0.25, 0.3) is 0 Å². The van der Waals surface area contributed by atoms with Crippen molar-refractivity contribution in [3.05, 3.63) is 35.4 Å². The lowest BCUT2D eigenvalue weighted by Crippen LogP contribution is -2.29. The Morgan fingerprint density at radius 2 is 1.90 bits per heavy atom. The van der Waals surface area contributed by atoms with Crippen molar-refractivity contribution < 1.29 is 13.9 Å². The molecule has 0 saturated heterocycles. The van der Waals surface area contributed by atoms with E-state index in [2.05, 4.69) is 10.2 Å². The van der Waals surface area contributed by atoms with Crippen molar-refractivity contribution in [3.63, 3.8) is 0 Å². The third kappa shape index (κ3) is 6.08. The first-order chi connectivity index (χ1) is 9.95. The summed E-state index contributed by atoms with van der Waals surface area (Å²) in [6.45, 7) is 5.93. The van der Waals surface area contributed by atoms with Crippen LogP contribution in [0.4, 0.5) is 8.78 Å². The van der Waals surface area contributed by atoms with Gasteiger partial charge in [0.05, 0.1) is 6.10 Å². The number of hydrogen-bond donors (Lipinski definition) is 2. The van der Waals surface area contributed by atoms with E-state index < -0.39 is 11.6 Å². The minimum Gasteiger partial charge on any atom is -0.393 e. The summed E-state index contributed by atoms with van der Waals surface area (Å²) < 4.78 is 27.2. The molecule has 0 heterocycles. The zero-order valence-corrected chi connectivity index (χ0v) is 13.1. The second-order valence-corrected chi connectivity index (χ2v) is 5.48. The number of benzene rings is 1. The van der Waals surface area contributed by atoms with Crippen LogP contribution in [0.15, 0.2) is 18.2 Å². The smallest absolute Gasteiger partial charge is 0.163 e. The van der Waals surface area contributed by atoms with Gasteiger partial charge < -0.3 is 15.3 Å². The van der Waals surface area contributed by atoms with Crippen LogP contribution in [0.3, 0.4) is 0 Å². The van der Waals surface area contributed by atoms with Crippen molar-refractivity contribution in [3.8, 4) is 0 Å². The zero-order valence-electron chi connectivity index (χ0n) is 13.1. The first kappa shape index (κ1) is 18.0. The van der Waals surface area contributed by atoms with Gasteiger partial charge in [-0.2, -0.15) is 0 Å². The molecule has 1 aromatic carbocycles. The molecule has 0 aliphatic heterocycles. The molecule has 0 fully saturated rings. The summed E-state index contributed by atoms with van der Waals surface area (Å²) in [6.07, 6.45) is 1.07. The number of hydrogen-bond acceptors (Lipinski definition) is 3. The van der Waals surface area contributed by atoms with Crippen LogP contribution in [-0.2, 0) is 0 Å². The van der Waals surface area contributed by atoms with Crippen LogP contribution >= 0.6 is 0 Å². The Balaban J connectivity index is 2.63. The molecule has 1 aromatic rings. The lowest BCUT2D eigenvalue weighted by Gasteiger charge is -2.23. The fraction of sp³-hybridized carbons (Fsp3) is 0.625. The number of aliphatic hydroxyl groups is 1. The van der Waals surface area contributed by atoms with Gasteiger partial charge in [0.1, 0.15) is 0 Å². The third-order valence-electron chi connectivity index (χ3n) is 3.54. The second kappa shape index (κ2) is 9.07. The molecule has 21 heavy (non-hydrogen) atoms. The molecular formula is C16H26F2N2O. The minimum absolute atomic E-state index is 0.209. The van der Waals surface area contributed by atoms with E-state index in [1.54, 1.807) is 13.0 Å².